The van der Waals surface area contributed by atoms with Gasteiger partial charge in [0.15, 0.2) is 0 Å². The molecule has 1 aliphatic heterocycles. The molecule has 4 rings (SSSR count). The van der Waals surface area contributed by atoms with Crippen LogP contribution in [0.2, 0.25) is 0 Å². The number of fused-ring (bicyclic) bond motifs is 3. The van der Waals surface area contributed by atoms with Crippen LogP contribution >= 0.6 is 0 Å². The van der Waals surface area contributed by atoms with Gasteiger partial charge in [-0.25, -0.2) is 4.79 Å². The average Bonchev–Trinajstić information content (AvgIpc) is 2.83. The number of phenolic OH excluding ortho intramolecular Hbond substituents is 2. The Balaban J connectivity index is 2.07. The molecule has 2 N–H and O–H groups in total. The third-order valence-corrected chi connectivity index (χ3v) is 5.40. The van der Waals surface area contributed by atoms with Crippen LogP contribution in [0.25, 0.3) is 22.1 Å². The highest BCUT2D eigenvalue weighted by molar-refractivity contribution is 5.93. The van der Waals surface area contributed by atoms with Crippen LogP contribution in [-0.4, -0.2) is 23.4 Å². The maximum absolute atomic E-state index is 12.7. The molecule has 1 aromatic heterocycles. The minimum Gasteiger partial charge on any atom is -0.508 e. The van der Waals surface area contributed by atoms with E-state index in [9.17, 15) is 15.0 Å². The molecule has 2 aromatic carbocycles. The third-order valence-electron chi connectivity index (χ3n) is 5.40. The maximum Gasteiger partial charge on any atom is 0.344 e. The second kappa shape index (κ2) is 5.67. The van der Waals surface area contributed by atoms with Crippen molar-refractivity contribution in [3.8, 4) is 34.1 Å². The Labute approximate surface area is 155 Å². The van der Waals surface area contributed by atoms with Gasteiger partial charge < -0.3 is 24.1 Å². The van der Waals surface area contributed by atoms with Crippen LogP contribution in [-0.2, 0) is 5.41 Å². The summed E-state index contributed by atoms with van der Waals surface area (Å²) in [6.45, 7) is 6.05. The van der Waals surface area contributed by atoms with Gasteiger partial charge in [-0.05, 0) is 25.1 Å². The highest BCUT2D eigenvalue weighted by Crippen LogP contribution is 2.49. The van der Waals surface area contributed by atoms with Crippen LogP contribution in [0.5, 0.6) is 23.0 Å². The molecule has 0 spiro atoms. The normalized spacial score (nSPS) is 17.6. The third kappa shape index (κ3) is 2.44. The summed E-state index contributed by atoms with van der Waals surface area (Å²) in [6, 6.07) is 7.49. The van der Waals surface area contributed by atoms with Crippen molar-refractivity contribution in [1.82, 2.24) is 0 Å². The molecule has 0 unspecified atom stereocenters. The summed E-state index contributed by atoms with van der Waals surface area (Å²) < 4.78 is 17.2. The first kappa shape index (κ1) is 17.3. The lowest BCUT2D eigenvalue weighted by Gasteiger charge is -2.22. The fourth-order valence-electron chi connectivity index (χ4n) is 3.57. The van der Waals surface area contributed by atoms with Crippen LogP contribution in [0.15, 0.2) is 39.5 Å². The van der Waals surface area contributed by atoms with E-state index in [2.05, 4.69) is 0 Å². The number of methoxy groups -OCH3 is 1. The van der Waals surface area contributed by atoms with Crippen LogP contribution in [0.3, 0.4) is 0 Å². The molecule has 0 aliphatic carbocycles. The Kier molecular flexibility index (Phi) is 3.63. The van der Waals surface area contributed by atoms with E-state index in [4.69, 9.17) is 13.9 Å². The van der Waals surface area contributed by atoms with Crippen LogP contribution in [0.4, 0.5) is 0 Å². The first-order valence-electron chi connectivity index (χ1n) is 8.62. The van der Waals surface area contributed by atoms with Gasteiger partial charge in [-0.15, -0.1) is 0 Å². The number of ether oxygens (including phenoxy) is 2. The number of benzene rings is 2. The second-order valence-corrected chi connectivity index (χ2v) is 7.33. The lowest BCUT2D eigenvalue weighted by Crippen LogP contribution is -2.29. The Morgan fingerprint density at radius 1 is 1.11 bits per heavy atom. The molecule has 0 saturated carbocycles. The van der Waals surface area contributed by atoms with Crippen molar-refractivity contribution in [1.29, 1.82) is 0 Å². The molecule has 2 heterocycles. The Bertz CT molecular complexity index is 1130. The standard InChI is InChI=1S/C21H20O6/c1-10-21(2,3)18-17(26-10)9-16(25-4)14-8-13(20(24)27-19(14)18)12-6-5-11(22)7-15(12)23/h5-10,22-23H,1-4H3/t10-/m1/s1. The number of rotatable bonds is 2. The van der Waals surface area contributed by atoms with E-state index in [0.29, 0.717) is 22.5 Å². The summed E-state index contributed by atoms with van der Waals surface area (Å²) in [7, 11) is 1.54. The number of hydrogen-bond acceptors (Lipinski definition) is 6. The van der Waals surface area contributed by atoms with Crippen molar-refractivity contribution in [2.45, 2.75) is 32.3 Å². The van der Waals surface area contributed by atoms with E-state index in [-0.39, 0.29) is 34.1 Å². The van der Waals surface area contributed by atoms with Crippen LogP contribution in [0, 0.1) is 0 Å². The van der Waals surface area contributed by atoms with Crippen molar-refractivity contribution in [2.75, 3.05) is 7.11 Å². The van der Waals surface area contributed by atoms with Crippen LogP contribution in [0.1, 0.15) is 26.3 Å². The molecule has 1 aliphatic rings. The summed E-state index contributed by atoms with van der Waals surface area (Å²) >= 11 is 0. The van der Waals surface area contributed by atoms with Gasteiger partial charge >= 0.3 is 5.63 Å². The Morgan fingerprint density at radius 2 is 1.85 bits per heavy atom. The second-order valence-electron chi connectivity index (χ2n) is 7.33. The van der Waals surface area contributed by atoms with Gasteiger partial charge in [-0.3, -0.25) is 0 Å². The zero-order valence-electron chi connectivity index (χ0n) is 15.5. The molecule has 3 aromatic rings. The van der Waals surface area contributed by atoms with Crippen LogP contribution < -0.4 is 15.1 Å². The van der Waals surface area contributed by atoms with E-state index in [1.165, 1.54) is 25.3 Å². The molecule has 1 atom stereocenters. The molecule has 27 heavy (non-hydrogen) atoms. The highest BCUT2D eigenvalue weighted by Gasteiger charge is 2.42. The molecule has 6 heteroatoms. The first-order valence-corrected chi connectivity index (χ1v) is 8.62. The van der Waals surface area contributed by atoms with Crippen molar-refractivity contribution in [3.63, 3.8) is 0 Å². The summed E-state index contributed by atoms with van der Waals surface area (Å²) in [4.78, 5) is 12.7. The van der Waals surface area contributed by atoms with Crippen molar-refractivity contribution in [3.05, 3.63) is 46.3 Å². The van der Waals surface area contributed by atoms with Gasteiger partial charge in [0.1, 0.15) is 34.7 Å². The van der Waals surface area contributed by atoms with E-state index < -0.39 is 5.63 Å². The Hall–Kier alpha value is -3.15. The highest BCUT2D eigenvalue weighted by atomic mass is 16.5. The van der Waals surface area contributed by atoms with E-state index in [1.807, 2.05) is 20.8 Å². The van der Waals surface area contributed by atoms with E-state index in [0.717, 1.165) is 5.56 Å². The molecule has 0 amide bonds. The van der Waals surface area contributed by atoms with Crippen molar-refractivity contribution >= 4 is 11.0 Å². The van der Waals surface area contributed by atoms with Gasteiger partial charge in [0.2, 0.25) is 0 Å². The SMILES string of the molecule is COc1cc2c(c3oc(=O)c(-c4ccc(O)cc4O)cc13)C(C)(C)[C@@H](C)O2. The van der Waals surface area contributed by atoms with Gasteiger partial charge in [-0.1, -0.05) is 13.8 Å². The number of aromatic hydroxyl groups is 2. The molecular formula is C21H20O6. The van der Waals surface area contributed by atoms with Gasteiger partial charge in [0.25, 0.3) is 0 Å². The summed E-state index contributed by atoms with van der Waals surface area (Å²) in [5.41, 5.74) is 0.764. The molecule has 0 bridgehead atoms. The lowest BCUT2D eigenvalue weighted by molar-refractivity contribution is 0.185. The fraction of sp³-hybridized carbons (Fsp3) is 0.286. The fourth-order valence-corrected chi connectivity index (χ4v) is 3.57. The summed E-state index contributed by atoms with van der Waals surface area (Å²) in [6.07, 6.45) is -0.0890. The molecule has 0 fully saturated rings. The van der Waals surface area contributed by atoms with Crippen molar-refractivity contribution in [2.24, 2.45) is 0 Å². The predicted molar refractivity (Wildman–Crippen MR) is 101 cm³/mol. The topological polar surface area (TPSA) is 89.1 Å². The zero-order valence-corrected chi connectivity index (χ0v) is 15.5. The average molecular weight is 368 g/mol. The molecule has 140 valence electrons. The molecule has 6 nitrogen and oxygen atoms in total. The lowest BCUT2D eigenvalue weighted by atomic mass is 9.81. The minimum absolute atomic E-state index is 0.0890. The quantitative estimate of drug-likeness (QED) is 0.666. The largest absolute Gasteiger partial charge is 0.508 e. The first-order chi connectivity index (χ1) is 12.7. The number of phenols is 2. The van der Waals surface area contributed by atoms with E-state index >= 15 is 0 Å². The van der Waals surface area contributed by atoms with Gasteiger partial charge in [-0.2, -0.15) is 0 Å². The smallest absolute Gasteiger partial charge is 0.344 e. The Morgan fingerprint density at radius 3 is 2.52 bits per heavy atom. The summed E-state index contributed by atoms with van der Waals surface area (Å²) in [5.74, 6) is 0.848. The number of hydrogen-bond donors (Lipinski definition) is 2. The van der Waals surface area contributed by atoms with Crippen molar-refractivity contribution < 1.29 is 24.1 Å². The zero-order chi connectivity index (χ0) is 19.5. The monoisotopic (exact) mass is 368 g/mol. The summed E-state index contributed by atoms with van der Waals surface area (Å²) in [5, 5.41) is 20.3. The molecular weight excluding hydrogens is 348 g/mol. The predicted octanol–water partition coefficient (Wildman–Crippen LogP) is 3.94. The van der Waals surface area contributed by atoms with Gasteiger partial charge in [0, 0.05) is 28.7 Å². The molecule has 0 saturated heterocycles. The van der Waals surface area contributed by atoms with Gasteiger partial charge in [0.05, 0.1) is 18.1 Å². The van der Waals surface area contributed by atoms with E-state index in [1.54, 1.807) is 12.1 Å². The minimum atomic E-state index is -0.589. The maximum atomic E-state index is 12.7. The molecule has 0 radical (unpaired) electrons.